The van der Waals surface area contributed by atoms with Crippen LogP contribution in [0.15, 0.2) is 0 Å². The highest BCUT2D eigenvalue weighted by atomic mass is 14.5. The zero-order valence-corrected chi connectivity index (χ0v) is 4.15. The topological polar surface area (TPSA) is 52.0 Å². The fraction of sp³-hybridized carbons (Fsp3) is 1.00. The zero-order chi connectivity index (χ0) is 17.0. The molecule has 0 rings (SSSR count). The minimum atomic E-state index is -3.81. The first kappa shape index (κ1) is 1.06. The Morgan fingerprint density at radius 1 is 0.875 bits per heavy atom. The van der Waals surface area contributed by atoms with Gasteiger partial charge in [-0.1, -0.05) is 12.7 Å². The van der Waals surface area contributed by atoms with Crippen LogP contribution in [0.3, 0.4) is 0 Å². The molecule has 0 fully saturated rings. The molecule has 4 N–H and O–H groups in total. The Labute approximate surface area is 68.1 Å². The first-order valence-electron chi connectivity index (χ1n) is 7.83. The third-order valence-corrected chi connectivity index (χ3v) is 0.332. The molecule has 0 aromatic rings. The fourth-order valence-corrected chi connectivity index (χ4v) is 0.135. The monoisotopic (exact) mass is 128 g/mol. The molecular formula is C6H16N2. The number of nitrogens with two attached hydrogens (primary N) is 2. The van der Waals surface area contributed by atoms with Crippen LogP contribution in [0, 0.1) is 0 Å². The van der Waals surface area contributed by atoms with Crippen LogP contribution in [0.2, 0.25) is 0 Å². The maximum Gasteiger partial charge on any atom is 0.0425 e. The summed E-state index contributed by atoms with van der Waals surface area (Å²) in [7, 11) is 0. The largest absolute Gasteiger partial charge is 0.330 e. The van der Waals surface area contributed by atoms with E-state index in [1.54, 1.807) is 0 Å². The van der Waals surface area contributed by atoms with Gasteiger partial charge >= 0.3 is 0 Å². The SMILES string of the molecule is [2H]C([2H])(N)C([2H])([2H])C([2H])([2H])C([2H])([2H])C([2H])([2H])C([2H])([2H])N. The summed E-state index contributed by atoms with van der Waals surface area (Å²) in [5.74, 6) is 0. The summed E-state index contributed by atoms with van der Waals surface area (Å²) < 4.78 is 87.4. The van der Waals surface area contributed by atoms with Gasteiger partial charge in [-0.3, -0.25) is 0 Å². The molecule has 2 heteroatoms. The molecule has 50 valence electrons. The molecule has 0 atom stereocenters. The summed E-state index contributed by atoms with van der Waals surface area (Å²) in [6.45, 7) is -6.66. The second kappa shape index (κ2) is 6.92. The molecule has 0 aliphatic carbocycles. The molecule has 0 aliphatic rings. The highest BCUT2D eigenvalue weighted by Crippen LogP contribution is 1.95. The van der Waals surface area contributed by atoms with Gasteiger partial charge in [0.15, 0.2) is 0 Å². The molecule has 0 amide bonds. The summed E-state index contributed by atoms with van der Waals surface area (Å²) in [5, 5.41) is 0. The third kappa shape index (κ3) is 5.92. The maximum atomic E-state index is 7.46. The Kier molecular flexibility index (Phi) is 0.916. The van der Waals surface area contributed by atoms with Crippen molar-refractivity contribution in [2.24, 2.45) is 11.5 Å². The number of hydrogen-bond donors (Lipinski definition) is 2. The average Bonchev–Trinajstić information content (AvgIpc) is 2.12. The van der Waals surface area contributed by atoms with Gasteiger partial charge in [-0.15, -0.1) is 0 Å². The average molecular weight is 128 g/mol. The Balaban J connectivity index is 6.08. The molecule has 0 unspecified atom stereocenters. The van der Waals surface area contributed by atoms with Crippen LogP contribution >= 0.6 is 0 Å². The van der Waals surface area contributed by atoms with Gasteiger partial charge in [0.2, 0.25) is 0 Å². The van der Waals surface area contributed by atoms with Crippen molar-refractivity contribution in [1.29, 1.82) is 0 Å². The highest BCUT2D eigenvalue weighted by Gasteiger charge is 1.83. The van der Waals surface area contributed by atoms with Crippen LogP contribution in [0.5, 0.6) is 0 Å². The smallest absolute Gasteiger partial charge is 0.0425 e. The van der Waals surface area contributed by atoms with Crippen molar-refractivity contribution in [1.82, 2.24) is 0 Å². The van der Waals surface area contributed by atoms with Crippen molar-refractivity contribution < 1.29 is 16.4 Å². The van der Waals surface area contributed by atoms with E-state index in [0.717, 1.165) is 0 Å². The number of rotatable bonds is 5. The van der Waals surface area contributed by atoms with Crippen LogP contribution in [-0.2, 0) is 0 Å². The van der Waals surface area contributed by atoms with Crippen molar-refractivity contribution in [3.8, 4) is 0 Å². The minimum Gasteiger partial charge on any atom is -0.330 e. The molecule has 0 radical (unpaired) electrons. The lowest BCUT2D eigenvalue weighted by molar-refractivity contribution is 0.653. The van der Waals surface area contributed by atoms with Crippen LogP contribution < -0.4 is 11.5 Å². The third-order valence-electron chi connectivity index (χ3n) is 0.332. The summed E-state index contributed by atoms with van der Waals surface area (Å²) >= 11 is 0. The minimum absolute atomic E-state index is 3.33. The van der Waals surface area contributed by atoms with Gasteiger partial charge < -0.3 is 11.5 Å². The van der Waals surface area contributed by atoms with Crippen molar-refractivity contribution >= 4 is 0 Å². The fourth-order valence-electron chi connectivity index (χ4n) is 0.135. The van der Waals surface area contributed by atoms with Gasteiger partial charge in [0.1, 0.15) is 0 Å². The van der Waals surface area contributed by atoms with E-state index in [0.29, 0.717) is 0 Å². The number of hydrogen-bond acceptors (Lipinski definition) is 2. The summed E-state index contributed by atoms with van der Waals surface area (Å²) in [6.07, 6.45) is -14.9. The molecule has 0 saturated carbocycles. The van der Waals surface area contributed by atoms with E-state index in [-0.39, 0.29) is 0 Å². The van der Waals surface area contributed by atoms with E-state index in [9.17, 15) is 0 Å². The predicted octanol–water partition coefficient (Wildman–Crippen LogP) is 0.464. The van der Waals surface area contributed by atoms with Gasteiger partial charge in [-0.2, -0.15) is 0 Å². The van der Waals surface area contributed by atoms with E-state index in [4.69, 9.17) is 27.9 Å². The van der Waals surface area contributed by atoms with E-state index in [1.165, 1.54) is 0 Å². The van der Waals surface area contributed by atoms with Crippen molar-refractivity contribution in [3.05, 3.63) is 0 Å². The standard InChI is InChI=1S/C6H16N2/c7-5-3-1-2-4-6-8/h1-8H2/i1D2,2D2,3D2,4D2,5D2,6D2. The van der Waals surface area contributed by atoms with Crippen LogP contribution in [0.4, 0.5) is 0 Å². The normalized spacial score (nSPS) is 42.8. The van der Waals surface area contributed by atoms with E-state index < -0.39 is 38.5 Å². The molecular weight excluding hydrogens is 100 g/mol. The molecule has 0 aromatic carbocycles. The molecule has 8 heavy (non-hydrogen) atoms. The van der Waals surface area contributed by atoms with Crippen LogP contribution in [0.25, 0.3) is 0 Å². The summed E-state index contributed by atoms with van der Waals surface area (Å²) in [5.41, 5.74) is 9.71. The lowest BCUT2D eigenvalue weighted by Crippen LogP contribution is -2.00. The Bertz CT molecular complexity index is 327. The molecule has 0 spiro atoms. The molecule has 0 saturated heterocycles. The molecule has 0 aromatic heterocycles. The van der Waals surface area contributed by atoms with Crippen LogP contribution in [-0.4, -0.2) is 13.0 Å². The Morgan fingerprint density at radius 3 is 1.50 bits per heavy atom. The highest BCUT2D eigenvalue weighted by molar-refractivity contribution is 4.43. The molecule has 0 heterocycles. The second-order valence-corrected chi connectivity index (χ2v) is 0.789. The molecule has 2 nitrogen and oxygen atoms in total. The second-order valence-electron chi connectivity index (χ2n) is 0.789. The molecule has 0 aliphatic heterocycles. The lowest BCUT2D eigenvalue weighted by atomic mass is 10.2. The van der Waals surface area contributed by atoms with E-state index in [2.05, 4.69) is 0 Å². The summed E-state index contributed by atoms with van der Waals surface area (Å²) in [4.78, 5) is 0. The van der Waals surface area contributed by atoms with Gasteiger partial charge in [0.25, 0.3) is 0 Å². The van der Waals surface area contributed by atoms with Gasteiger partial charge in [0, 0.05) is 16.4 Å². The van der Waals surface area contributed by atoms with Crippen LogP contribution in [0.1, 0.15) is 41.9 Å². The van der Waals surface area contributed by atoms with E-state index >= 15 is 0 Å². The predicted molar refractivity (Wildman–Crippen MR) is 36.6 cm³/mol. The Morgan fingerprint density at radius 2 is 1.25 bits per heavy atom. The lowest BCUT2D eigenvalue weighted by Gasteiger charge is -1.94. The van der Waals surface area contributed by atoms with Gasteiger partial charge in [-0.05, 0) is 25.7 Å². The van der Waals surface area contributed by atoms with E-state index in [1.807, 2.05) is 0 Å². The van der Waals surface area contributed by atoms with Crippen molar-refractivity contribution in [3.63, 3.8) is 0 Å². The summed E-state index contributed by atoms with van der Waals surface area (Å²) in [6, 6.07) is 0. The molecule has 0 bridgehead atoms. The first-order chi connectivity index (χ1) is 8.25. The van der Waals surface area contributed by atoms with Crippen molar-refractivity contribution in [2.75, 3.05) is 13.0 Å². The first-order valence-corrected chi connectivity index (χ1v) is 1.83. The maximum absolute atomic E-state index is 7.46. The Hall–Kier alpha value is -0.0800. The zero-order valence-electron chi connectivity index (χ0n) is 16.2. The van der Waals surface area contributed by atoms with Gasteiger partial charge in [0.05, 0.1) is 0 Å². The van der Waals surface area contributed by atoms with Crippen molar-refractivity contribution in [2.45, 2.75) is 25.5 Å². The van der Waals surface area contributed by atoms with Gasteiger partial charge in [-0.25, -0.2) is 0 Å². The quantitative estimate of drug-likeness (QED) is 0.565.